The molecule has 0 spiro atoms. The number of carbonyl (C=O) groups excluding carboxylic acids is 1. The molecule has 1 saturated heterocycles. The molecule has 3 rings (SSSR count). The smallest absolute Gasteiger partial charge is 0.266 e. The van der Waals surface area contributed by atoms with Crippen LogP contribution in [-0.4, -0.2) is 34.9 Å². The van der Waals surface area contributed by atoms with Crippen molar-refractivity contribution in [2.24, 2.45) is 0 Å². The predicted molar refractivity (Wildman–Crippen MR) is 131 cm³/mol. The molecular formula is C23H22BrNO3S2. The van der Waals surface area contributed by atoms with Gasteiger partial charge in [0.25, 0.3) is 5.91 Å². The average molecular weight is 504 g/mol. The lowest BCUT2D eigenvalue weighted by molar-refractivity contribution is -0.121. The fourth-order valence-corrected chi connectivity index (χ4v) is 4.50. The van der Waals surface area contributed by atoms with Gasteiger partial charge in [0.1, 0.15) is 29.0 Å². The molecule has 1 amide bonds. The van der Waals surface area contributed by atoms with Crippen LogP contribution in [0.1, 0.15) is 16.7 Å². The Morgan fingerprint density at radius 1 is 1.13 bits per heavy atom. The highest BCUT2D eigenvalue weighted by atomic mass is 79.9. The van der Waals surface area contributed by atoms with Crippen molar-refractivity contribution in [3.63, 3.8) is 0 Å². The molecule has 0 aromatic heterocycles. The zero-order chi connectivity index (χ0) is 21.7. The number of thioether (sulfide) groups is 1. The number of aryl methyl sites for hydroxylation is 2. The molecule has 1 fully saturated rings. The van der Waals surface area contributed by atoms with Gasteiger partial charge in [-0.1, -0.05) is 58.1 Å². The van der Waals surface area contributed by atoms with Crippen LogP contribution in [0, 0.1) is 13.8 Å². The lowest BCUT2D eigenvalue weighted by atomic mass is 10.1. The lowest BCUT2D eigenvalue weighted by Crippen LogP contribution is -2.27. The van der Waals surface area contributed by atoms with Crippen molar-refractivity contribution in [3.05, 3.63) is 75.1 Å². The number of hydrogen-bond donors (Lipinski definition) is 0. The molecule has 2 aromatic carbocycles. The molecule has 2 aromatic rings. The third-order valence-corrected chi connectivity index (χ3v) is 6.26. The number of halogens is 1. The second kappa shape index (κ2) is 10.3. The van der Waals surface area contributed by atoms with Crippen molar-refractivity contribution >= 4 is 56.2 Å². The largest absolute Gasteiger partial charge is 0.490 e. The minimum atomic E-state index is -0.117. The number of carbonyl (C=O) groups is 1. The van der Waals surface area contributed by atoms with Gasteiger partial charge in [0, 0.05) is 16.6 Å². The van der Waals surface area contributed by atoms with E-state index >= 15 is 0 Å². The molecule has 0 aliphatic carbocycles. The fourth-order valence-electron chi connectivity index (χ4n) is 2.86. The van der Waals surface area contributed by atoms with E-state index in [2.05, 4.69) is 28.6 Å². The van der Waals surface area contributed by atoms with Crippen LogP contribution in [-0.2, 0) is 4.79 Å². The summed E-state index contributed by atoms with van der Waals surface area (Å²) in [6, 6.07) is 11.8. The van der Waals surface area contributed by atoms with E-state index in [1.807, 2.05) is 50.3 Å². The summed E-state index contributed by atoms with van der Waals surface area (Å²) in [5, 5.41) is 0. The SMILES string of the molecule is C=CCN1C(=O)C(=Cc2cc(Br)ccc2OCCOc2cc(C)ccc2C)SC1=S. The van der Waals surface area contributed by atoms with Gasteiger partial charge < -0.3 is 9.47 Å². The molecule has 1 aliphatic rings. The maximum Gasteiger partial charge on any atom is 0.266 e. The van der Waals surface area contributed by atoms with Crippen molar-refractivity contribution in [1.82, 2.24) is 4.90 Å². The lowest BCUT2D eigenvalue weighted by Gasteiger charge is -2.13. The molecule has 0 saturated carbocycles. The summed E-state index contributed by atoms with van der Waals surface area (Å²) in [7, 11) is 0. The molecule has 0 atom stereocenters. The summed E-state index contributed by atoms with van der Waals surface area (Å²) in [6.45, 7) is 8.94. The van der Waals surface area contributed by atoms with E-state index in [9.17, 15) is 4.79 Å². The van der Waals surface area contributed by atoms with E-state index in [4.69, 9.17) is 21.7 Å². The van der Waals surface area contributed by atoms with E-state index in [1.54, 1.807) is 6.08 Å². The Balaban J connectivity index is 1.70. The van der Waals surface area contributed by atoms with Crippen molar-refractivity contribution in [1.29, 1.82) is 0 Å². The van der Waals surface area contributed by atoms with Crippen LogP contribution in [0.4, 0.5) is 0 Å². The van der Waals surface area contributed by atoms with E-state index in [1.165, 1.54) is 16.7 Å². The van der Waals surface area contributed by atoms with Gasteiger partial charge in [-0.05, 0) is 55.3 Å². The number of hydrogen-bond acceptors (Lipinski definition) is 5. The summed E-state index contributed by atoms with van der Waals surface area (Å²) in [5.74, 6) is 1.42. The van der Waals surface area contributed by atoms with Gasteiger partial charge in [-0.3, -0.25) is 9.69 Å². The zero-order valence-electron chi connectivity index (χ0n) is 16.8. The predicted octanol–water partition coefficient (Wildman–Crippen LogP) is 5.91. The summed E-state index contributed by atoms with van der Waals surface area (Å²) in [5.41, 5.74) is 3.04. The van der Waals surface area contributed by atoms with Gasteiger partial charge in [0.2, 0.25) is 0 Å². The van der Waals surface area contributed by atoms with E-state index in [0.29, 0.717) is 34.7 Å². The van der Waals surface area contributed by atoms with Crippen LogP contribution in [0.15, 0.2) is 58.4 Å². The molecule has 4 nitrogen and oxygen atoms in total. The molecular weight excluding hydrogens is 482 g/mol. The van der Waals surface area contributed by atoms with Gasteiger partial charge in [-0.2, -0.15) is 0 Å². The maximum absolute atomic E-state index is 12.6. The summed E-state index contributed by atoms with van der Waals surface area (Å²) in [6.07, 6.45) is 3.48. The Bertz CT molecular complexity index is 1020. The highest BCUT2D eigenvalue weighted by Gasteiger charge is 2.31. The third kappa shape index (κ3) is 5.53. The third-order valence-electron chi connectivity index (χ3n) is 4.39. The molecule has 0 N–H and O–H groups in total. The first-order chi connectivity index (χ1) is 14.4. The molecule has 0 unspecified atom stereocenters. The van der Waals surface area contributed by atoms with Crippen LogP contribution in [0.5, 0.6) is 11.5 Å². The second-order valence-electron chi connectivity index (χ2n) is 6.73. The number of rotatable bonds is 8. The topological polar surface area (TPSA) is 38.8 Å². The standard InChI is InChI=1S/C23H22BrNO3S2/c1-4-9-25-22(26)21(30-23(25)29)14-17-13-18(24)7-8-19(17)27-10-11-28-20-12-15(2)5-6-16(20)3/h4-8,12-14H,1,9-11H2,2-3H3. The van der Waals surface area contributed by atoms with Crippen LogP contribution in [0.3, 0.4) is 0 Å². The summed E-state index contributed by atoms with van der Waals surface area (Å²) in [4.78, 5) is 14.7. The number of ether oxygens (including phenoxy) is 2. The number of thiocarbonyl (C=S) groups is 1. The minimum absolute atomic E-state index is 0.117. The molecule has 156 valence electrons. The van der Waals surface area contributed by atoms with Crippen molar-refractivity contribution in [2.75, 3.05) is 19.8 Å². The van der Waals surface area contributed by atoms with Gasteiger partial charge >= 0.3 is 0 Å². The summed E-state index contributed by atoms with van der Waals surface area (Å²) >= 11 is 10.1. The maximum atomic E-state index is 12.6. The van der Waals surface area contributed by atoms with Crippen molar-refractivity contribution < 1.29 is 14.3 Å². The van der Waals surface area contributed by atoms with E-state index in [-0.39, 0.29) is 5.91 Å². The molecule has 1 heterocycles. The van der Waals surface area contributed by atoms with Gasteiger partial charge in [-0.15, -0.1) is 6.58 Å². The van der Waals surface area contributed by atoms with Crippen LogP contribution in [0.25, 0.3) is 6.08 Å². The van der Waals surface area contributed by atoms with E-state index in [0.717, 1.165) is 26.9 Å². The highest BCUT2D eigenvalue weighted by molar-refractivity contribution is 9.10. The number of amides is 1. The Morgan fingerprint density at radius 2 is 1.87 bits per heavy atom. The Kier molecular flexibility index (Phi) is 7.75. The zero-order valence-corrected chi connectivity index (χ0v) is 20.0. The molecule has 7 heteroatoms. The average Bonchev–Trinajstić information content (AvgIpc) is 2.97. The van der Waals surface area contributed by atoms with Crippen LogP contribution < -0.4 is 9.47 Å². The first-order valence-electron chi connectivity index (χ1n) is 9.37. The number of benzene rings is 2. The van der Waals surface area contributed by atoms with Crippen LogP contribution >= 0.6 is 39.9 Å². The highest BCUT2D eigenvalue weighted by Crippen LogP contribution is 2.35. The Hall–Kier alpha value is -2.09. The normalized spacial score (nSPS) is 15.0. The first kappa shape index (κ1) is 22.6. The Labute approximate surface area is 195 Å². The van der Waals surface area contributed by atoms with Gasteiger partial charge in [0.05, 0.1) is 4.91 Å². The second-order valence-corrected chi connectivity index (χ2v) is 9.32. The van der Waals surface area contributed by atoms with Gasteiger partial charge in [-0.25, -0.2) is 0 Å². The molecule has 1 aliphatic heterocycles. The molecule has 0 bridgehead atoms. The quantitative estimate of drug-likeness (QED) is 0.193. The van der Waals surface area contributed by atoms with Crippen molar-refractivity contribution in [3.8, 4) is 11.5 Å². The fraction of sp³-hybridized carbons (Fsp3) is 0.217. The van der Waals surface area contributed by atoms with Crippen LogP contribution in [0.2, 0.25) is 0 Å². The van der Waals surface area contributed by atoms with E-state index < -0.39 is 0 Å². The first-order valence-corrected chi connectivity index (χ1v) is 11.4. The minimum Gasteiger partial charge on any atom is -0.490 e. The molecule has 30 heavy (non-hydrogen) atoms. The monoisotopic (exact) mass is 503 g/mol. The van der Waals surface area contributed by atoms with Gasteiger partial charge in [0.15, 0.2) is 0 Å². The Morgan fingerprint density at radius 3 is 2.60 bits per heavy atom. The summed E-state index contributed by atoms with van der Waals surface area (Å²) < 4.78 is 13.3. The molecule has 0 radical (unpaired) electrons. The number of nitrogens with zero attached hydrogens (tertiary/aromatic N) is 1. The van der Waals surface area contributed by atoms with Crippen molar-refractivity contribution in [2.45, 2.75) is 13.8 Å².